The van der Waals surface area contributed by atoms with Crippen LogP contribution in [0.4, 0.5) is 5.69 Å². The van der Waals surface area contributed by atoms with Crippen molar-refractivity contribution in [3.8, 4) is 22.8 Å². The van der Waals surface area contributed by atoms with Crippen LogP contribution in [-0.2, 0) is 6.42 Å². The van der Waals surface area contributed by atoms with E-state index in [4.69, 9.17) is 18.4 Å². The number of amides is 1. The van der Waals surface area contributed by atoms with Gasteiger partial charge < -0.3 is 23.7 Å². The highest BCUT2D eigenvalue weighted by molar-refractivity contribution is 6.03. The lowest BCUT2D eigenvalue weighted by Crippen LogP contribution is -2.15. The second kappa shape index (κ2) is 7.94. The summed E-state index contributed by atoms with van der Waals surface area (Å²) in [5, 5.41) is 14.5. The van der Waals surface area contributed by atoms with E-state index in [-0.39, 0.29) is 11.6 Å². The molecule has 2 aromatic heterocycles. The number of ether oxygens (including phenoxy) is 2. The smallest absolute Gasteiger partial charge is 0.277 e. The van der Waals surface area contributed by atoms with Gasteiger partial charge in [0, 0.05) is 24.2 Å². The zero-order valence-electron chi connectivity index (χ0n) is 16.6. The monoisotopic (exact) mass is 418 g/mol. The summed E-state index contributed by atoms with van der Waals surface area (Å²) in [6.07, 6.45) is 0.525. The minimum absolute atomic E-state index is 0.176. The van der Waals surface area contributed by atoms with E-state index < -0.39 is 0 Å². The molecule has 0 atom stereocenters. The minimum atomic E-state index is -0.368. The number of carbonyl (C=O) groups excluding carboxylic acids is 1. The molecule has 1 N–H and O–H groups in total. The summed E-state index contributed by atoms with van der Waals surface area (Å²) in [5.74, 6) is 2.50. The SMILES string of the molecule is Cc1nnc(Cc2ccc(NC(=O)c3cc(-c4ccc5c(c4)OCCO5)on3)cc2)o1. The Morgan fingerprint density at radius 2 is 1.81 bits per heavy atom. The Bertz CT molecular complexity index is 1230. The third-order valence-electron chi connectivity index (χ3n) is 4.70. The molecule has 0 spiro atoms. The van der Waals surface area contributed by atoms with Gasteiger partial charge in [0.15, 0.2) is 23.0 Å². The number of benzene rings is 2. The van der Waals surface area contributed by atoms with Gasteiger partial charge in [-0.15, -0.1) is 10.2 Å². The summed E-state index contributed by atoms with van der Waals surface area (Å²) < 4.78 is 21.8. The first-order valence-corrected chi connectivity index (χ1v) is 9.70. The van der Waals surface area contributed by atoms with Crippen LogP contribution in [-0.4, -0.2) is 34.5 Å². The van der Waals surface area contributed by atoms with Gasteiger partial charge in [-0.05, 0) is 35.9 Å². The van der Waals surface area contributed by atoms with Crippen LogP contribution in [0.5, 0.6) is 11.5 Å². The van der Waals surface area contributed by atoms with Gasteiger partial charge in [-0.25, -0.2) is 0 Å². The normalized spacial score (nSPS) is 12.5. The molecule has 0 unspecified atom stereocenters. The molecule has 0 bridgehead atoms. The molecule has 1 aliphatic heterocycles. The maximum Gasteiger partial charge on any atom is 0.277 e. The molecule has 0 saturated carbocycles. The molecule has 2 aromatic carbocycles. The van der Waals surface area contributed by atoms with Crippen LogP contribution < -0.4 is 14.8 Å². The molecule has 156 valence electrons. The van der Waals surface area contributed by atoms with Crippen LogP contribution in [0.25, 0.3) is 11.3 Å². The molecular weight excluding hydrogens is 400 g/mol. The molecule has 1 amide bonds. The van der Waals surface area contributed by atoms with Crippen molar-refractivity contribution in [1.29, 1.82) is 0 Å². The summed E-state index contributed by atoms with van der Waals surface area (Å²) in [6, 6.07) is 14.4. The van der Waals surface area contributed by atoms with E-state index in [0.717, 1.165) is 11.1 Å². The molecule has 1 aliphatic rings. The molecular formula is C22H18N4O5. The fraction of sp³-hybridized carbons (Fsp3) is 0.182. The summed E-state index contributed by atoms with van der Waals surface area (Å²) in [5.41, 5.74) is 2.55. The van der Waals surface area contributed by atoms with Crippen LogP contribution in [0.15, 0.2) is 57.5 Å². The Balaban J connectivity index is 1.25. The highest BCUT2D eigenvalue weighted by Gasteiger charge is 2.17. The van der Waals surface area contributed by atoms with Crippen LogP contribution >= 0.6 is 0 Å². The maximum atomic E-state index is 12.6. The molecule has 0 aliphatic carbocycles. The van der Waals surface area contributed by atoms with Crippen molar-refractivity contribution in [1.82, 2.24) is 15.4 Å². The Morgan fingerprint density at radius 1 is 1.00 bits per heavy atom. The van der Waals surface area contributed by atoms with Gasteiger partial charge >= 0.3 is 0 Å². The molecule has 31 heavy (non-hydrogen) atoms. The lowest BCUT2D eigenvalue weighted by Gasteiger charge is -2.18. The number of nitrogens with zero attached hydrogens (tertiary/aromatic N) is 3. The van der Waals surface area contributed by atoms with Crippen molar-refractivity contribution in [3.05, 3.63) is 71.6 Å². The molecule has 4 aromatic rings. The topological polar surface area (TPSA) is 113 Å². The number of hydrogen-bond donors (Lipinski definition) is 1. The van der Waals surface area contributed by atoms with E-state index in [1.54, 1.807) is 31.2 Å². The number of aryl methyl sites for hydroxylation is 1. The predicted octanol–water partition coefficient (Wildman–Crippen LogP) is 3.65. The van der Waals surface area contributed by atoms with Crippen molar-refractivity contribution >= 4 is 11.6 Å². The number of hydrogen-bond acceptors (Lipinski definition) is 8. The van der Waals surface area contributed by atoms with Crippen molar-refractivity contribution in [2.75, 3.05) is 18.5 Å². The molecule has 9 heteroatoms. The number of aromatic nitrogens is 3. The lowest BCUT2D eigenvalue weighted by molar-refractivity contribution is 0.101. The average Bonchev–Trinajstić information content (AvgIpc) is 3.44. The number of nitrogens with one attached hydrogen (secondary N) is 1. The molecule has 0 saturated heterocycles. The zero-order valence-corrected chi connectivity index (χ0v) is 16.6. The van der Waals surface area contributed by atoms with Gasteiger partial charge in [0.2, 0.25) is 11.8 Å². The van der Waals surface area contributed by atoms with Crippen LogP contribution in [0.2, 0.25) is 0 Å². The molecule has 0 fully saturated rings. The van der Waals surface area contributed by atoms with Crippen LogP contribution in [0.3, 0.4) is 0 Å². The summed E-state index contributed by atoms with van der Waals surface area (Å²) >= 11 is 0. The standard InChI is InChI=1S/C22H18N4O5/c1-13-24-25-21(30-13)10-14-2-5-16(6-3-14)23-22(27)17-12-19(31-26-17)15-4-7-18-20(11-15)29-9-8-28-18/h2-7,11-12H,8-10H2,1H3,(H,23,27). The zero-order chi connectivity index (χ0) is 21.2. The van der Waals surface area contributed by atoms with E-state index in [1.807, 2.05) is 24.3 Å². The highest BCUT2D eigenvalue weighted by atomic mass is 16.6. The average molecular weight is 418 g/mol. The molecule has 5 rings (SSSR count). The first-order chi connectivity index (χ1) is 15.1. The van der Waals surface area contributed by atoms with E-state index >= 15 is 0 Å². The highest BCUT2D eigenvalue weighted by Crippen LogP contribution is 2.34. The van der Waals surface area contributed by atoms with Crippen LogP contribution in [0.1, 0.15) is 27.8 Å². The van der Waals surface area contributed by atoms with Crippen LogP contribution in [0, 0.1) is 6.92 Å². The van der Waals surface area contributed by atoms with E-state index in [0.29, 0.717) is 54.4 Å². The first-order valence-electron chi connectivity index (χ1n) is 9.70. The van der Waals surface area contributed by atoms with Crippen molar-refractivity contribution in [2.24, 2.45) is 0 Å². The van der Waals surface area contributed by atoms with Crippen molar-refractivity contribution in [3.63, 3.8) is 0 Å². The van der Waals surface area contributed by atoms with E-state index in [2.05, 4.69) is 20.7 Å². The van der Waals surface area contributed by atoms with E-state index in [9.17, 15) is 4.79 Å². The fourth-order valence-electron chi connectivity index (χ4n) is 3.20. The predicted molar refractivity (Wildman–Crippen MR) is 109 cm³/mol. The maximum absolute atomic E-state index is 12.6. The Kier molecular flexibility index (Phi) is 4.83. The van der Waals surface area contributed by atoms with Gasteiger partial charge in [-0.1, -0.05) is 17.3 Å². The van der Waals surface area contributed by atoms with Gasteiger partial charge in [-0.2, -0.15) is 0 Å². The molecule has 9 nitrogen and oxygen atoms in total. The third-order valence-corrected chi connectivity index (χ3v) is 4.70. The number of anilines is 1. The van der Waals surface area contributed by atoms with Gasteiger partial charge in [0.1, 0.15) is 13.2 Å². The van der Waals surface area contributed by atoms with Gasteiger partial charge in [0.25, 0.3) is 5.91 Å². The second-order valence-electron chi connectivity index (χ2n) is 6.98. The minimum Gasteiger partial charge on any atom is -0.486 e. The summed E-state index contributed by atoms with van der Waals surface area (Å²) in [4.78, 5) is 12.6. The third kappa shape index (κ3) is 4.11. The van der Waals surface area contributed by atoms with Crippen molar-refractivity contribution < 1.29 is 23.2 Å². The Morgan fingerprint density at radius 3 is 2.58 bits per heavy atom. The number of fused-ring (bicyclic) bond motifs is 1. The van der Waals surface area contributed by atoms with E-state index in [1.165, 1.54) is 0 Å². The Hall–Kier alpha value is -4.14. The van der Waals surface area contributed by atoms with Crippen molar-refractivity contribution in [2.45, 2.75) is 13.3 Å². The molecule has 3 heterocycles. The Labute approximate surface area is 177 Å². The van der Waals surface area contributed by atoms with Gasteiger partial charge in [-0.3, -0.25) is 4.79 Å². The second-order valence-corrected chi connectivity index (χ2v) is 6.98. The summed E-state index contributed by atoms with van der Waals surface area (Å²) in [6.45, 7) is 2.77. The van der Waals surface area contributed by atoms with Gasteiger partial charge in [0.05, 0.1) is 6.42 Å². The summed E-state index contributed by atoms with van der Waals surface area (Å²) in [7, 11) is 0. The quantitative estimate of drug-likeness (QED) is 0.523. The number of carbonyl (C=O) groups is 1. The number of rotatable bonds is 5. The fourth-order valence-corrected chi connectivity index (χ4v) is 3.20. The largest absolute Gasteiger partial charge is 0.486 e. The molecule has 0 radical (unpaired) electrons. The first kappa shape index (κ1) is 18.9. The lowest BCUT2D eigenvalue weighted by atomic mass is 10.1.